The Hall–Kier alpha value is -2.34. The van der Waals surface area contributed by atoms with E-state index in [-0.39, 0.29) is 11.0 Å². The first-order chi connectivity index (χ1) is 11.5. The van der Waals surface area contributed by atoms with E-state index >= 15 is 0 Å². The van der Waals surface area contributed by atoms with Gasteiger partial charge in [-0.1, -0.05) is 23.9 Å². The van der Waals surface area contributed by atoms with Gasteiger partial charge in [0.2, 0.25) is 0 Å². The first kappa shape index (κ1) is 16.5. The summed E-state index contributed by atoms with van der Waals surface area (Å²) < 4.78 is 7.20. The van der Waals surface area contributed by atoms with Gasteiger partial charge in [-0.15, -0.1) is 10.2 Å². The maximum Gasteiger partial charge on any atom is 0.200 e. The molecule has 0 N–H and O–H groups in total. The summed E-state index contributed by atoms with van der Waals surface area (Å²) in [5.74, 6) is 1.39. The number of carbonyl (C=O) groups excluding carboxylic acids is 1. The van der Waals surface area contributed by atoms with E-state index < -0.39 is 0 Å². The Bertz CT molecular complexity index is 869. The van der Waals surface area contributed by atoms with E-state index in [9.17, 15) is 4.79 Å². The van der Waals surface area contributed by atoms with Crippen molar-refractivity contribution in [3.05, 3.63) is 53.3 Å². The average Bonchev–Trinajstić information content (AvgIpc) is 3.20. The molecule has 0 aliphatic heterocycles. The van der Waals surface area contributed by atoms with Crippen LogP contribution in [0.2, 0.25) is 0 Å². The van der Waals surface area contributed by atoms with Gasteiger partial charge in [0, 0.05) is 12.6 Å². The molecule has 0 saturated heterocycles. The molecule has 6 heteroatoms. The van der Waals surface area contributed by atoms with Gasteiger partial charge in [-0.05, 0) is 50.1 Å². The number of benzene rings is 1. The first-order valence-corrected chi connectivity index (χ1v) is 8.56. The molecule has 0 aliphatic rings. The van der Waals surface area contributed by atoms with E-state index in [0.29, 0.717) is 16.7 Å². The Morgan fingerprint density at radius 1 is 1.21 bits per heavy atom. The third kappa shape index (κ3) is 3.14. The SMILES string of the molecule is Cc1ccc(C(=O)[C@@H](C)Sc2nnc(-c3ccco3)n2C)cc1C. The molecule has 3 aromatic rings. The third-order valence-electron chi connectivity index (χ3n) is 4.02. The minimum atomic E-state index is -0.251. The van der Waals surface area contributed by atoms with Crippen molar-refractivity contribution in [2.45, 2.75) is 31.2 Å². The number of carbonyl (C=O) groups is 1. The Balaban J connectivity index is 1.78. The van der Waals surface area contributed by atoms with Crippen LogP contribution in [0.4, 0.5) is 0 Å². The molecule has 2 heterocycles. The molecule has 1 aromatic carbocycles. The van der Waals surface area contributed by atoms with Crippen LogP contribution < -0.4 is 0 Å². The van der Waals surface area contributed by atoms with Gasteiger partial charge in [-0.25, -0.2) is 0 Å². The van der Waals surface area contributed by atoms with Crippen LogP contribution in [-0.2, 0) is 7.05 Å². The summed E-state index contributed by atoms with van der Waals surface area (Å²) in [6.45, 7) is 5.95. The van der Waals surface area contributed by atoms with Crippen LogP contribution in [0.3, 0.4) is 0 Å². The summed E-state index contributed by atoms with van der Waals surface area (Å²) in [7, 11) is 1.87. The Kier molecular flexibility index (Phi) is 4.57. The Morgan fingerprint density at radius 2 is 2.00 bits per heavy atom. The maximum atomic E-state index is 12.7. The molecular weight excluding hydrogens is 322 g/mol. The van der Waals surface area contributed by atoms with E-state index in [2.05, 4.69) is 10.2 Å². The minimum Gasteiger partial charge on any atom is -0.461 e. The minimum absolute atomic E-state index is 0.0886. The van der Waals surface area contributed by atoms with Gasteiger partial charge in [0.15, 0.2) is 22.5 Å². The molecule has 3 rings (SSSR count). The first-order valence-electron chi connectivity index (χ1n) is 7.68. The smallest absolute Gasteiger partial charge is 0.200 e. The lowest BCUT2D eigenvalue weighted by Gasteiger charge is -2.11. The predicted octanol–water partition coefficient (Wildman–Crippen LogP) is 4.06. The van der Waals surface area contributed by atoms with Crippen LogP contribution in [0, 0.1) is 13.8 Å². The number of ketones is 1. The zero-order valence-electron chi connectivity index (χ0n) is 14.1. The predicted molar refractivity (Wildman–Crippen MR) is 94.3 cm³/mol. The summed E-state index contributed by atoms with van der Waals surface area (Å²) >= 11 is 1.40. The fraction of sp³-hybridized carbons (Fsp3) is 0.278. The summed E-state index contributed by atoms with van der Waals surface area (Å²) in [6, 6.07) is 9.45. The molecule has 0 aliphatic carbocycles. The zero-order chi connectivity index (χ0) is 17.3. The average molecular weight is 341 g/mol. The second kappa shape index (κ2) is 6.65. The lowest BCUT2D eigenvalue weighted by molar-refractivity contribution is 0.0993. The van der Waals surface area contributed by atoms with Crippen molar-refractivity contribution < 1.29 is 9.21 Å². The zero-order valence-corrected chi connectivity index (χ0v) is 14.9. The molecule has 0 saturated carbocycles. The third-order valence-corrected chi connectivity index (χ3v) is 5.15. The van der Waals surface area contributed by atoms with Crippen molar-refractivity contribution >= 4 is 17.5 Å². The van der Waals surface area contributed by atoms with Crippen molar-refractivity contribution in [2.75, 3.05) is 0 Å². The van der Waals surface area contributed by atoms with Crippen LogP contribution in [0.5, 0.6) is 0 Å². The summed E-state index contributed by atoms with van der Waals surface area (Å²) in [5.41, 5.74) is 3.03. The van der Waals surface area contributed by atoms with Crippen molar-refractivity contribution in [2.24, 2.45) is 7.05 Å². The Morgan fingerprint density at radius 3 is 2.67 bits per heavy atom. The fourth-order valence-corrected chi connectivity index (χ4v) is 3.27. The molecule has 0 fully saturated rings. The van der Waals surface area contributed by atoms with Crippen LogP contribution in [-0.4, -0.2) is 25.8 Å². The molecule has 0 radical (unpaired) electrons. The molecule has 0 spiro atoms. The van der Waals surface area contributed by atoms with Crippen LogP contribution in [0.1, 0.15) is 28.4 Å². The van der Waals surface area contributed by atoms with Gasteiger partial charge in [0.25, 0.3) is 0 Å². The normalized spacial score (nSPS) is 12.3. The van der Waals surface area contributed by atoms with E-state index in [1.165, 1.54) is 17.3 Å². The summed E-state index contributed by atoms with van der Waals surface area (Å²) in [5, 5.41) is 8.77. The van der Waals surface area contributed by atoms with Gasteiger partial charge < -0.3 is 8.98 Å². The molecule has 1 atom stereocenters. The second-order valence-electron chi connectivity index (χ2n) is 5.77. The number of thioether (sulfide) groups is 1. The van der Waals surface area contributed by atoms with Crippen molar-refractivity contribution in [3.63, 3.8) is 0 Å². The van der Waals surface area contributed by atoms with Gasteiger partial charge in [0.05, 0.1) is 11.5 Å². The van der Waals surface area contributed by atoms with E-state index in [1.807, 2.05) is 62.7 Å². The summed E-state index contributed by atoms with van der Waals surface area (Å²) in [6.07, 6.45) is 1.60. The second-order valence-corrected chi connectivity index (χ2v) is 7.07. The van der Waals surface area contributed by atoms with Crippen molar-refractivity contribution in [1.82, 2.24) is 14.8 Å². The lowest BCUT2D eigenvalue weighted by atomic mass is 10.0. The number of nitrogens with zero attached hydrogens (tertiary/aromatic N) is 3. The van der Waals surface area contributed by atoms with E-state index in [1.54, 1.807) is 6.26 Å². The number of furan rings is 1. The lowest BCUT2D eigenvalue weighted by Crippen LogP contribution is -2.14. The molecule has 2 aromatic heterocycles. The number of Topliss-reactive ketones (excluding diaryl/α,β-unsaturated/α-hetero) is 1. The summed E-state index contributed by atoms with van der Waals surface area (Å²) in [4.78, 5) is 12.7. The highest BCUT2D eigenvalue weighted by Gasteiger charge is 2.21. The van der Waals surface area contributed by atoms with Crippen molar-refractivity contribution in [3.8, 4) is 11.6 Å². The van der Waals surface area contributed by atoms with Gasteiger partial charge in [-0.2, -0.15) is 0 Å². The molecular formula is C18H19N3O2S. The maximum absolute atomic E-state index is 12.7. The Labute approximate surface area is 145 Å². The van der Waals surface area contributed by atoms with Gasteiger partial charge in [-0.3, -0.25) is 4.79 Å². The standard InChI is InChI=1S/C18H19N3O2S/c1-11-7-8-14(10-12(11)2)16(22)13(3)24-18-20-19-17(21(18)4)15-6-5-9-23-15/h5-10,13H,1-4H3/t13-/m1/s1. The number of aromatic nitrogens is 3. The monoisotopic (exact) mass is 341 g/mol. The molecule has 0 amide bonds. The molecule has 0 unspecified atom stereocenters. The van der Waals surface area contributed by atoms with Crippen LogP contribution in [0.25, 0.3) is 11.6 Å². The topological polar surface area (TPSA) is 60.9 Å². The number of hydrogen-bond donors (Lipinski definition) is 0. The molecule has 5 nitrogen and oxygen atoms in total. The largest absolute Gasteiger partial charge is 0.461 e. The molecule has 0 bridgehead atoms. The number of hydrogen-bond acceptors (Lipinski definition) is 5. The highest BCUT2D eigenvalue weighted by atomic mass is 32.2. The van der Waals surface area contributed by atoms with Gasteiger partial charge in [0.1, 0.15) is 0 Å². The quantitative estimate of drug-likeness (QED) is 0.517. The number of rotatable bonds is 5. The van der Waals surface area contributed by atoms with Crippen LogP contribution in [0.15, 0.2) is 46.2 Å². The molecule has 124 valence electrons. The fourth-order valence-electron chi connectivity index (χ4n) is 2.38. The highest BCUT2D eigenvalue weighted by molar-refractivity contribution is 8.00. The van der Waals surface area contributed by atoms with Crippen molar-refractivity contribution in [1.29, 1.82) is 0 Å². The van der Waals surface area contributed by atoms with Gasteiger partial charge >= 0.3 is 0 Å². The van der Waals surface area contributed by atoms with E-state index in [0.717, 1.165) is 11.1 Å². The van der Waals surface area contributed by atoms with Crippen LogP contribution >= 0.6 is 11.8 Å². The van der Waals surface area contributed by atoms with E-state index in [4.69, 9.17) is 4.42 Å². The highest BCUT2D eigenvalue weighted by Crippen LogP contribution is 2.27. The molecule has 24 heavy (non-hydrogen) atoms. The number of aryl methyl sites for hydroxylation is 2.